The summed E-state index contributed by atoms with van der Waals surface area (Å²) in [5, 5.41) is 0. The van der Waals surface area contributed by atoms with Crippen LogP contribution in [-0.4, -0.2) is 49.3 Å². The molecular weight excluding hydrogens is 665 g/mol. The number of hydrogen-bond donors (Lipinski definition) is 2. The fourth-order valence-electron chi connectivity index (χ4n) is 5.42. The van der Waals surface area contributed by atoms with Crippen LogP contribution in [0.15, 0.2) is 36.5 Å². The van der Waals surface area contributed by atoms with E-state index in [9.17, 15) is 19.0 Å². The van der Waals surface area contributed by atoms with Crippen molar-refractivity contribution in [1.82, 2.24) is 0 Å². The average Bonchev–Trinajstić information content (AvgIpc) is 3.11. The standard InChI is InChI=1S/C41H76NO8P/c1-3-5-7-9-11-13-15-17-19-21-23-25-27-29-31-33-40(43)47-37-39(38-49-51(45,46)48-36-35-42)50-41(44)34-32-30-28-26-24-22-20-18-16-14-12-10-8-6-4-2/h12-15,18,20,39H,3-11,16-17,19,21-38,42H2,1-2H3,(H,45,46)/t39-/m1/s1. The molecule has 9 nitrogen and oxygen atoms in total. The van der Waals surface area contributed by atoms with E-state index < -0.39 is 32.5 Å². The van der Waals surface area contributed by atoms with Crippen LogP contribution < -0.4 is 5.73 Å². The van der Waals surface area contributed by atoms with E-state index in [1.54, 1.807) is 0 Å². The van der Waals surface area contributed by atoms with E-state index in [1.165, 1.54) is 77.0 Å². The van der Waals surface area contributed by atoms with Gasteiger partial charge >= 0.3 is 19.8 Å². The molecule has 0 aromatic rings. The van der Waals surface area contributed by atoms with Gasteiger partial charge in [0.25, 0.3) is 0 Å². The molecule has 1 unspecified atom stereocenters. The van der Waals surface area contributed by atoms with Crippen molar-refractivity contribution in [2.24, 2.45) is 5.73 Å². The van der Waals surface area contributed by atoms with Gasteiger partial charge in [-0.1, -0.05) is 134 Å². The van der Waals surface area contributed by atoms with Gasteiger partial charge in [0.2, 0.25) is 0 Å². The number of hydrogen-bond acceptors (Lipinski definition) is 8. The van der Waals surface area contributed by atoms with Gasteiger partial charge in [-0.25, -0.2) is 4.57 Å². The largest absolute Gasteiger partial charge is 0.472 e. The van der Waals surface area contributed by atoms with E-state index >= 15 is 0 Å². The maximum absolute atomic E-state index is 12.5. The maximum atomic E-state index is 12.5. The number of unbranched alkanes of at least 4 members (excludes halogenated alkanes) is 19. The summed E-state index contributed by atoms with van der Waals surface area (Å²) in [6.45, 7) is 3.67. The van der Waals surface area contributed by atoms with Gasteiger partial charge in [0.05, 0.1) is 13.2 Å². The zero-order chi connectivity index (χ0) is 37.5. The molecule has 51 heavy (non-hydrogen) atoms. The summed E-state index contributed by atoms with van der Waals surface area (Å²) in [4.78, 5) is 34.8. The summed E-state index contributed by atoms with van der Waals surface area (Å²) in [6.07, 6.45) is 40.2. The van der Waals surface area contributed by atoms with E-state index in [4.69, 9.17) is 24.3 Å². The van der Waals surface area contributed by atoms with Crippen molar-refractivity contribution in [2.45, 2.75) is 187 Å². The second kappa shape index (κ2) is 38.0. The number of allylic oxidation sites excluding steroid dienone is 6. The molecular formula is C41H76NO8P. The molecule has 0 aliphatic rings. The van der Waals surface area contributed by atoms with Crippen LogP contribution in [0.25, 0.3) is 0 Å². The zero-order valence-electron chi connectivity index (χ0n) is 32.6. The first-order chi connectivity index (χ1) is 24.8. The number of ether oxygens (including phenoxy) is 2. The maximum Gasteiger partial charge on any atom is 0.472 e. The Labute approximate surface area is 312 Å². The number of carbonyl (C=O) groups excluding carboxylic acids is 2. The minimum Gasteiger partial charge on any atom is -0.462 e. The van der Waals surface area contributed by atoms with Crippen molar-refractivity contribution in [2.75, 3.05) is 26.4 Å². The fraction of sp³-hybridized carbons (Fsp3) is 0.805. The number of phosphoric acid groups is 1. The van der Waals surface area contributed by atoms with Gasteiger partial charge in [0.15, 0.2) is 6.10 Å². The van der Waals surface area contributed by atoms with Crippen LogP contribution in [0.1, 0.15) is 181 Å². The van der Waals surface area contributed by atoms with Gasteiger partial charge in [-0.15, -0.1) is 0 Å². The van der Waals surface area contributed by atoms with Crippen LogP contribution in [0.3, 0.4) is 0 Å². The monoisotopic (exact) mass is 742 g/mol. The van der Waals surface area contributed by atoms with Crippen molar-refractivity contribution in [3.8, 4) is 0 Å². The Kier molecular flexibility index (Phi) is 36.7. The zero-order valence-corrected chi connectivity index (χ0v) is 33.5. The average molecular weight is 742 g/mol. The fourth-order valence-corrected chi connectivity index (χ4v) is 6.19. The Bertz CT molecular complexity index is 939. The van der Waals surface area contributed by atoms with Crippen molar-refractivity contribution < 1.29 is 37.6 Å². The highest BCUT2D eigenvalue weighted by molar-refractivity contribution is 7.47. The molecule has 0 aliphatic heterocycles. The molecule has 0 radical (unpaired) electrons. The minimum atomic E-state index is -4.38. The number of rotatable bonds is 38. The topological polar surface area (TPSA) is 134 Å². The highest BCUT2D eigenvalue weighted by Crippen LogP contribution is 2.43. The molecule has 2 atom stereocenters. The Balaban J connectivity index is 4.22. The second-order valence-corrected chi connectivity index (χ2v) is 14.9. The Morgan fingerprint density at radius 1 is 0.588 bits per heavy atom. The van der Waals surface area contributed by atoms with Crippen molar-refractivity contribution in [3.63, 3.8) is 0 Å². The smallest absolute Gasteiger partial charge is 0.462 e. The van der Waals surface area contributed by atoms with Crippen molar-refractivity contribution in [3.05, 3.63) is 36.5 Å². The molecule has 0 spiro atoms. The molecule has 0 aliphatic carbocycles. The third-order valence-electron chi connectivity index (χ3n) is 8.50. The summed E-state index contributed by atoms with van der Waals surface area (Å²) in [7, 11) is -4.38. The molecule has 3 N–H and O–H groups in total. The molecule has 0 amide bonds. The van der Waals surface area contributed by atoms with Crippen LogP contribution in [0.4, 0.5) is 0 Å². The molecule has 0 aromatic heterocycles. The number of carbonyl (C=O) groups is 2. The predicted molar refractivity (Wildman–Crippen MR) is 210 cm³/mol. The lowest BCUT2D eigenvalue weighted by molar-refractivity contribution is -0.161. The van der Waals surface area contributed by atoms with Gasteiger partial charge in [-0.05, 0) is 70.6 Å². The van der Waals surface area contributed by atoms with Crippen LogP contribution >= 0.6 is 7.82 Å². The van der Waals surface area contributed by atoms with E-state index in [-0.39, 0.29) is 32.6 Å². The molecule has 0 aromatic carbocycles. The highest BCUT2D eigenvalue weighted by atomic mass is 31.2. The molecule has 0 rings (SSSR count). The highest BCUT2D eigenvalue weighted by Gasteiger charge is 2.25. The Morgan fingerprint density at radius 3 is 1.55 bits per heavy atom. The van der Waals surface area contributed by atoms with Crippen LogP contribution in [0.2, 0.25) is 0 Å². The normalized spacial score (nSPS) is 13.7. The lowest BCUT2D eigenvalue weighted by atomic mass is 10.1. The summed E-state index contributed by atoms with van der Waals surface area (Å²) in [5.41, 5.74) is 5.34. The van der Waals surface area contributed by atoms with E-state index in [1.807, 2.05) is 0 Å². The lowest BCUT2D eigenvalue weighted by Crippen LogP contribution is -2.29. The van der Waals surface area contributed by atoms with Gasteiger partial charge in [0.1, 0.15) is 6.61 Å². The first kappa shape index (κ1) is 49.2. The first-order valence-electron chi connectivity index (χ1n) is 20.5. The van der Waals surface area contributed by atoms with Gasteiger partial charge < -0.3 is 20.1 Å². The van der Waals surface area contributed by atoms with E-state index in [2.05, 4.69) is 50.3 Å². The third-order valence-corrected chi connectivity index (χ3v) is 9.48. The Hall–Kier alpha value is -1.77. The summed E-state index contributed by atoms with van der Waals surface area (Å²) in [5.74, 6) is -0.850. The minimum absolute atomic E-state index is 0.0500. The van der Waals surface area contributed by atoms with Crippen molar-refractivity contribution in [1.29, 1.82) is 0 Å². The predicted octanol–water partition coefficient (Wildman–Crippen LogP) is 11.4. The summed E-state index contributed by atoms with van der Waals surface area (Å²) in [6, 6.07) is 0. The molecule has 0 bridgehead atoms. The summed E-state index contributed by atoms with van der Waals surface area (Å²) < 4.78 is 32.7. The molecule has 298 valence electrons. The molecule has 0 fully saturated rings. The van der Waals surface area contributed by atoms with Gasteiger partial charge in [-0.3, -0.25) is 18.6 Å². The molecule has 0 heterocycles. The SMILES string of the molecule is CCCCCC=CCC=CCCCCCCCC(=O)O[C@H](COC(=O)CCCCCCCCCC=CCCCCCC)COP(=O)(O)OCCN. The second-order valence-electron chi connectivity index (χ2n) is 13.5. The van der Waals surface area contributed by atoms with E-state index in [0.717, 1.165) is 70.6 Å². The first-order valence-corrected chi connectivity index (χ1v) is 22.0. The van der Waals surface area contributed by atoms with Crippen LogP contribution in [0.5, 0.6) is 0 Å². The van der Waals surface area contributed by atoms with Crippen LogP contribution in [0, 0.1) is 0 Å². The van der Waals surface area contributed by atoms with Gasteiger partial charge in [0, 0.05) is 19.4 Å². The molecule has 0 saturated carbocycles. The number of esters is 2. The van der Waals surface area contributed by atoms with E-state index in [0.29, 0.717) is 6.42 Å². The molecule has 10 heteroatoms. The quantitative estimate of drug-likeness (QED) is 0.0274. The van der Waals surface area contributed by atoms with Crippen LogP contribution in [-0.2, 0) is 32.7 Å². The third kappa shape index (κ3) is 37.8. The lowest BCUT2D eigenvalue weighted by Gasteiger charge is -2.19. The van der Waals surface area contributed by atoms with Crippen molar-refractivity contribution >= 4 is 19.8 Å². The number of nitrogens with two attached hydrogens (primary N) is 1. The Morgan fingerprint density at radius 2 is 1.02 bits per heavy atom. The number of phosphoric ester groups is 1. The van der Waals surface area contributed by atoms with Gasteiger partial charge in [-0.2, -0.15) is 0 Å². The summed E-state index contributed by atoms with van der Waals surface area (Å²) >= 11 is 0. The molecule has 0 saturated heterocycles.